The van der Waals surface area contributed by atoms with Crippen LogP contribution in [0.4, 0.5) is 0 Å². The first-order chi connectivity index (χ1) is 13.8. The van der Waals surface area contributed by atoms with Crippen LogP contribution in [-0.2, 0) is 24.1 Å². The van der Waals surface area contributed by atoms with Gasteiger partial charge >= 0.3 is 0 Å². The van der Waals surface area contributed by atoms with Crippen LogP contribution in [0.1, 0.15) is 29.6 Å². The topological polar surface area (TPSA) is 38.2 Å². The van der Waals surface area contributed by atoms with Crippen molar-refractivity contribution in [3.63, 3.8) is 0 Å². The lowest BCUT2D eigenvalue weighted by atomic mass is 9.89. The molecule has 0 bridgehead atoms. The Balaban J connectivity index is 1.56. The summed E-state index contributed by atoms with van der Waals surface area (Å²) in [6.45, 7) is 6.70. The lowest BCUT2D eigenvalue weighted by molar-refractivity contribution is 0.0330. The number of thiophene rings is 1. The highest BCUT2D eigenvalue weighted by molar-refractivity contribution is 7.99. The van der Waals surface area contributed by atoms with Gasteiger partial charge in [-0.1, -0.05) is 36.9 Å². The average molecular weight is 412 g/mol. The van der Waals surface area contributed by atoms with Gasteiger partial charge in [0.2, 0.25) is 0 Å². The summed E-state index contributed by atoms with van der Waals surface area (Å²) in [4.78, 5) is 16.4. The maximum atomic E-state index is 5.49. The molecule has 0 saturated carbocycles. The Bertz CT molecular complexity index is 967. The van der Waals surface area contributed by atoms with E-state index in [-0.39, 0.29) is 0 Å². The summed E-state index contributed by atoms with van der Waals surface area (Å²) in [5.41, 5.74) is 1.51. The number of hydrogen-bond donors (Lipinski definition) is 0. The maximum absolute atomic E-state index is 5.49. The Morgan fingerprint density at radius 2 is 2.00 bits per heavy atom. The molecule has 28 heavy (non-hydrogen) atoms. The second-order valence-corrected chi connectivity index (χ2v) is 9.93. The Labute approximate surface area is 174 Å². The number of hydrogen-bond acceptors (Lipinski definition) is 6. The summed E-state index contributed by atoms with van der Waals surface area (Å²) in [6, 6.07) is 10.6. The molecule has 0 spiro atoms. The molecule has 3 heterocycles. The molecule has 2 aromatic heterocycles. The summed E-state index contributed by atoms with van der Waals surface area (Å²) >= 11 is 3.68. The van der Waals surface area contributed by atoms with Gasteiger partial charge in [0.1, 0.15) is 15.7 Å². The molecule has 1 aromatic carbocycles. The van der Waals surface area contributed by atoms with E-state index in [1.54, 1.807) is 11.8 Å². The first-order valence-electron chi connectivity index (χ1n) is 10.1. The van der Waals surface area contributed by atoms with Gasteiger partial charge < -0.3 is 4.74 Å². The minimum Gasteiger partial charge on any atom is -0.379 e. The number of rotatable bonds is 4. The predicted octanol–water partition coefficient (Wildman–Crippen LogP) is 4.80. The zero-order chi connectivity index (χ0) is 18.9. The van der Waals surface area contributed by atoms with Crippen molar-refractivity contribution in [2.45, 2.75) is 42.7 Å². The van der Waals surface area contributed by atoms with Gasteiger partial charge in [0.25, 0.3) is 0 Å². The highest BCUT2D eigenvalue weighted by Crippen LogP contribution is 2.42. The third kappa shape index (κ3) is 3.83. The van der Waals surface area contributed by atoms with E-state index in [4.69, 9.17) is 14.7 Å². The summed E-state index contributed by atoms with van der Waals surface area (Å²) in [7, 11) is 0. The monoisotopic (exact) mass is 411 g/mol. The first kappa shape index (κ1) is 18.6. The zero-order valence-electron chi connectivity index (χ0n) is 16.2. The van der Waals surface area contributed by atoms with Gasteiger partial charge in [-0.2, -0.15) is 0 Å². The summed E-state index contributed by atoms with van der Waals surface area (Å²) in [6.07, 6.45) is 3.61. The van der Waals surface area contributed by atoms with Crippen molar-refractivity contribution in [2.75, 3.05) is 26.3 Å². The molecule has 146 valence electrons. The maximum Gasteiger partial charge on any atom is 0.145 e. The van der Waals surface area contributed by atoms with Gasteiger partial charge in [0.05, 0.1) is 19.8 Å². The van der Waals surface area contributed by atoms with Crippen molar-refractivity contribution in [3.8, 4) is 0 Å². The number of fused-ring (bicyclic) bond motifs is 3. The molecule has 1 saturated heterocycles. The molecular formula is C22H25N3OS2. The van der Waals surface area contributed by atoms with Crippen molar-refractivity contribution in [2.24, 2.45) is 5.92 Å². The van der Waals surface area contributed by atoms with Crippen molar-refractivity contribution in [1.29, 1.82) is 0 Å². The molecule has 0 radical (unpaired) electrons. The van der Waals surface area contributed by atoms with Crippen LogP contribution in [0.3, 0.4) is 0 Å². The van der Waals surface area contributed by atoms with Crippen LogP contribution in [-0.4, -0.2) is 41.2 Å². The van der Waals surface area contributed by atoms with E-state index in [0.717, 1.165) is 56.0 Å². The first-order valence-corrected chi connectivity index (χ1v) is 11.7. The summed E-state index contributed by atoms with van der Waals surface area (Å²) in [5.74, 6) is 1.71. The minimum absolute atomic E-state index is 0.770. The summed E-state index contributed by atoms with van der Waals surface area (Å²) < 4.78 is 5.49. The van der Waals surface area contributed by atoms with Crippen molar-refractivity contribution in [1.82, 2.24) is 14.9 Å². The number of ether oxygens (including phenoxy) is 1. The second kappa shape index (κ2) is 8.11. The number of nitrogens with zero attached hydrogens (tertiary/aromatic N) is 3. The van der Waals surface area contributed by atoms with E-state index >= 15 is 0 Å². The fraction of sp³-hybridized carbons (Fsp3) is 0.455. The van der Waals surface area contributed by atoms with Gasteiger partial charge in [-0.3, -0.25) is 4.90 Å². The van der Waals surface area contributed by atoms with Crippen LogP contribution in [0.15, 0.2) is 40.3 Å². The van der Waals surface area contributed by atoms with Gasteiger partial charge in [-0.05, 0) is 42.9 Å². The fourth-order valence-corrected chi connectivity index (χ4v) is 6.51. The lowest BCUT2D eigenvalue weighted by Crippen LogP contribution is -2.36. The average Bonchev–Trinajstić information content (AvgIpc) is 3.07. The van der Waals surface area contributed by atoms with E-state index < -0.39 is 0 Å². The van der Waals surface area contributed by atoms with Gasteiger partial charge in [0.15, 0.2) is 0 Å². The van der Waals surface area contributed by atoms with Crippen LogP contribution in [0.2, 0.25) is 0 Å². The highest BCUT2D eigenvalue weighted by Gasteiger charge is 2.25. The Hall–Kier alpha value is -1.47. The molecule has 0 unspecified atom stereocenters. The Morgan fingerprint density at radius 1 is 1.18 bits per heavy atom. The SMILES string of the molecule is C[C@@H]1CCc2c(sc3nc(CN4CCOCC4)nc(Sc4ccccc4)c23)C1. The highest BCUT2D eigenvalue weighted by atomic mass is 32.2. The molecular weight excluding hydrogens is 386 g/mol. The van der Waals surface area contributed by atoms with Gasteiger partial charge in [-0.25, -0.2) is 9.97 Å². The normalized spacial score (nSPS) is 20.4. The van der Waals surface area contributed by atoms with Crippen LogP contribution in [0, 0.1) is 5.92 Å². The molecule has 0 N–H and O–H groups in total. The second-order valence-electron chi connectivity index (χ2n) is 7.78. The molecule has 5 rings (SSSR count). The molecule has 4 nitrogen and oxygen atoms in total. The van der Waals surface area contributed by atoms with Crippen LogP contribution >= 0.6 is 23.1 Å². The number of aryl methyl sites for hydroxylation is 1. The smallest absolute Gasteiger partial charge is 0.145 e. The standard InChI is InChI=1S/C22H25N3OS2/c1-15-7-8-17-18(13-15)28-22-20(17)21(27-16-5-3-2-4-6-16)23-19(24-22)14-25-9-11-26-12-10-25/h2-6,15H,7-14H2,1H3/t15-/m1/s1. The van der Waals surface area contributed by atoms with Crippen molar-refractivity contribution < 1.29 is 4.74 Å². The van der Waals surface area contributed by atoms with E-state index in [0.29, 0.717) is 0 Å². The molecule has 3 aromatic rings. The molecule has 1 aliphatic heterocycles. The predicted molar refractivity (Wildman–Crippen MR) is 115 cm³/mol. The van der Waals surface area contributed by atoms with Crippen molar-refractivity contribution in [3.05, 3.63) is 46.6 Å². The lowest BCUT2D eigenvalue weighted by Gasteiger charge is -2.25. The Morgan fingerprint density at radius 3 is 2.82 bits per heavy atom. The largest absolute Gasteiger partial charge is 0.379 e. The van der Waals surface area contributed by atoms with Crippen molar-refractivity contribution >= 4 is 33.3 Å². The quantitative estimate of drug-likeness (QED) is 0.577. The van der Waals surface area contributed by atoms with Crippen LogP contribution in [0.5, 0.6) is 0 Å². The fourth-order valence-electron chi connectivity index (χ4n) is 4.06. The van der Waals surface area contributed by atoms with Gasteiger partial charge in [0, 0.05) is 28.2 Å². The molecule has 1 aliphatic carbocycles. The Kier molecular flexibility index (Phi) is 5.37. The molecule has 6 heteroatoms. The van der Waals surface area contributed by atoms with Gasteiger partial charge in [-0.15, -0.1) is 11.3 Å². The van der Waals surface area contributed by atoms with E-state index in [2.05, 4.69) is 42.2 Å². The molecule has 1 atom stereocenters. The zero-order valence-corrected chi connectivity index (χ0v) is 17.8. The number of morpholine rings is 1. The van der Waals surface area contributed by atoms with Crippen LogP contribution in [0.25, 0.3) is 10.2 Å². The molecule has 0 amide bonds. The van der Waals surface area contributed by atoms with E-state index in [1.807, 2.05) is 11.3 Å². The number of benzene rings is 1. The third-order valence-electron chi connectivity index (χ3n) is 5.59. The summed E-state index contributed by atoms with van der Waals surface area (Å²) in [5, 5.41) is 2.44. The minimum atomic E-state index is 0.770. The molecule has 1 fully saturated rings. The molecule has 2 aliphatic rings. The van der Waals surface area contributed by atoms with E-state index in [9.17, 15) is 0 Å². The number of aromatic nitrogens is 2. The van der Waals surface area contributed by atoms with E-state index in [1.165, 1.54) is 38.4 Å². The third-order valence-corrected chi connectivity index (χ3v) is 7.74. The van der Waals surface area contributed by atoms with Crippen LogP contribution < -0.4 is 0 Å².